The van der Waals surface area contributed by atoms with E-state index in [0.717, 1.165) is 0 Å². The first-order valence-corrected chi connectivity index (χ1v) is 11.6. The highest BCUT2D eigenvalue weighted by molar-refractivity contribution is 5.99. The lowest BCUT2D eigenvalue weighted by molar-refractivity contribution is -0.141. The van der Waals surface area contributed by atoms with Crippen molar-refractivity contribution in [3.63, 3.8) is 0 Å². The van der Waals surface area contributed by atoms with Gasteiger partial charge >= 0.3 is 0 Å². The second-order valence-electron chi connectivity index (χ2n) is 8.93. The van der Waals surface area contributed by atoms with Crippen molar-refractivity contribution in [3.05, 3.63) is 18.0 Å². The number of hydrogen-bond donors (Lipinski definition) is 5. The third-order valence-corrected chi connectivity index (χ3v) is 5.85. The Labute approximate surface area is 203 Å². The molecule has 12 nitrogen and oxygen atoms in total. The van der Waals surface area contributed by atoms with Crippen LogP contribution in [0.2, 0.25) is 0 Å². The van der Waals surface area contributed by atoms with Crippen LogP contribution in [0.5, 0.6) is 0 Å². The van der Waals surface area contributed by atoms with E-state index in [1.165, 1.54) is 22.0 Å². The molecule has 2 heterocycles. The van der Waals surface area contributed by atoms with E-state index >= 15 is 0 Å². The van der Waals surface area contributed by atoms with E-state index in [1.54, 1.807) is 20.9 Å². The zero-order valence-electron chi connectivity index (χ0n) is 20.3. The van der Waals surface area contributed by atoms with Crippen LogP contribution in [0.4, 0.5) is 4.39 Å². The molecule has 1 aromatic heterocycles. The van der Waals surface area contributed by atoms with Crippen molar-refractivity contribution < 1.29 is 23.6 Å². The Balaban J connectivity index is 2.07. The van der Waals surface area contributed by atoms with Crippen molar-refractivity contribution in [2.75, 3.05) is 19.8 Å². The van der Waals surface area contributed by atoms with Gasteiger partial charge < -0.3 is 26.6 Å². The lowest BCUT2D eigenvalue weighted by atomic mass is 10.0. The summed E-state index contributed by atoms with van der Waals surface area (Å²) in [6.07, 6.45) is 4.44. The van der Waals surface area contributed by atoms with Gasteiger partial charge in [-0.15, -0.1) is 0 Å². The molecular weight excluding hydrogens is 459 g/mol. The zero-order chi connectivity index (χ0) is 26.1. The van der Waals surface area contributed by atoms with Gasteiger partial charge in [0.05, 0.1) is 17.8 Å². The number of ketones is 1. The lowest BCUT2D eigenvalue weighted by Gasteiger charge is -2.31. The van der Waals surface area contributed by atoms with Crippen molar-refractivity contribution in [2.24, 2.45) is 18.7 Å². The average Bonchev–Trinajstić information content (AvgIpc) is 3.47. The van der Waals surface area contributed by atoms with Crippen molar-refractivity contribution in [2.45, 2.75) is 57.7 Å². The Bertz CT molecular complexity index is 934. The van der Waals surface area contributed by atoms with Crippen LogP contribution in [0.1, 0.15) is 49.9 Å². The quantitative estimate of drug-likeness (QED) is 0.147. The van der Waals surface area contributed by atoms with E-state index in [1.807, 2.05) is 0 Å². The van der Waals surface area contributed by atoms with Gasteiger partial charge in [-0.25, -0.2) is 4.39 Å². The molecule has 0 saturated carbocycles. The van der Waals surface area contributed by atoms with Crippen LogP contribution in [0.15, 0.2) is 12.4 Å². The van der Waals surface area contributed by atoms with Gasteiger partial charge in [0, 0.05) is 26.3 Å². The molecule has 0 radical (unpaired) electrons. The summed E-state index contributed by atoms with van der Waals surface area (Å²) in [5.41, 5.74) is 5.53. The molecule has 1 fully saturated rings. The molecule has 0 bridgehead atoms. The third kappa shape index (κ3) is 7.76. The maximum Gasteiger partial charge on any atom is 0.255 e. The minimum atomic E-state index is -1.23. The molecule has 2 rings (SSSR count). The number of halogens is 1. The smallest absolute Gasteiger partial charge is 0.255 e. The molecule has 1 aromatic rings. The van der Waals surface area contributed by atoms with Gasteiger partial charge in [0.15, 0.2) is 11.7 Å². The molecule has 3 unspecified atom stereocenters. The number of hydrogen-bond acceptors (Lipinski definition) is 6. The van der Waals surface area contributed by atoms with Crippen molar-refractivity contribution in [1.29, 1.82) is 5.41 Å². The lowest BCUT2D eigenvalue weighted by Crippen LogP contribution is -2.56. The van der Waals surface area contributed by atoms with Crippen molar-refractivity contribution >= 4 is 29.5 Å². The van der Waals surface area contributed by atoms with E-state index in [4.69, 9.17) is 11.1 Å². The number of Topliss-reactive ketones (excluding diaryl/α,β-unsaturated/α-hetero) is 1. The first-order valence-electron chi connectivity index (χ1n) is 11.6. The predicted molar refractivity (Wildman–Crippen MR) is 126 cm³/mol. The third-order valence-electron chi connectivity index (χ3n) is 5.85. The standard InChI is InChI=1S/C22H35FN8O4/c1-13(2)18(29-19(33)14-11-27-30(3)12-14)21(35)31-9-5-7-16(31)20(34)28-15(17(32)10-23)6-4-8-26-22(24)25/h11-13,15-16,18H,4-10H2,1-3H3,(H,28,34)(H,29,33)(H4,24,25,26). The van der Waals surface area contributed by atoms with Gasteiger partial charge in [0.1, 0.15) is 18.8 Å². The molecule has 35 heavy (non-hydrogen) atoms. The van der Waals surface area contributed by atoms with Gasteiger partial charge in [-0.3, -0.25) is 29.3 Å². The Hall–Kier alpha value is -3.51. The molecule has 194 valence electrons. The van der Waals surface area contributed by atoms with Crippen LogP contribution in [-0.2, 0) is 21.4 Å². The number of alkyl halides is 1. The van der Waals surface area contributed by atoms with E-state index in [0.29, 0.717) is 37.9 Å². The van der Waals surface area contributed by atoms with Crippen LogP contribution in [-0.4, -0.2) is 82.0 Å². The SMILES string of the molecule is CC(C)C(NC(=O)c1cnn(C)c1)C(=O)N1CCCC1C(=O)NC(CCCNC(=N)N)C(=O)CF. The highest BCUT2D eigenvalue weighted by Gasteiger charge is 2.39. The largest absolute Gasteiger partial charge is 0.370 e. The van der Waals surface area contributed by atoms with E-state index in [9.17, 15) is 23.6 Å². The average molecular weight is 495 g/mol. The van der Waals surface area contributed by atoms with Crippen LogP contribution < -0.4 is 21.7 Å². The predicted octanol–water partition coefficient (Wildman–Crippen LogP) is -0.548. The fourth-order valence-electron chi connectivity index (χ4n) is 3.96. The maximum atomic E-state index is 13.4. The molecule has 3 atom stereocenters. The number of carbonyl (C=O) groups excluding carboxylic acids is 4. The van der Waals surface area contributed by atoms with Gasteiger partial charge in [0.2, 0.25) is 11.8 Å². The summed E-state index contributed by atoms with van der Waals surface area (Å²) in [6, 6.07) is -2.74. The number of nitrogens with one attached hydrogen (secondary N) is 4. The number of nitrogens with two attached hydrogens (primary N) is 1. The summed E-state index contributed by atoms with van der Waals surface area (Å²) in [6.45, 7) is 2.98. The molecule has 0 aliphatic carbocycles. The number of rotatable bonds is 12. The second kappa shape index (κ2) is 12.8. The van der Waals surface area contributed by atoms with Gasteiger partial charge in [-0.1, -0.05) is 13.8 Å². The molecule has 0 aromatic carbocycles. The van der Waals surface area contributed by atoms with E-state index in [2.05, 4.69) is 21.0 Å². The number of aryl methyl sites for hydroxylation is 1. The Morgan fingerprint density at radius 3 is 2.57 bits per heavy atom. The van der Waals surface area contributed by atoms with Crippen molar-refractivity contribution in [3.8, 4) is 0 Å². The van der Waals surface area contributed by atoms with Gasteiger partial charge in [0.25, 0.3) is 5.91 Å². The minimum Gasteiger partial charge on any atom is -0.370 e. The summed E-state index contributed by atoms with van der Waals surface area (Å²) in [4.78, 5) is 52.5. The van der Waals surface area contributed by atoms with E-state index < -0.39 is 48.3 Å². The number of amides is 3. The highest BCUT2D eigenvalue weighted by atomic mass is 19.1. The summed E-state index contributed by atoms with van der Waals surface area (Å²) in [5, 5.41) is 19.0. The molecule has 13 heteroatoms. The molecule has 1 aliphatic rings. The fraction of sp³-hybridized carbons (Fsp3) is 0.636. The van der Waals surface area contributed by atoms with Crippen LogP contribution in [0.25, 0.3) is 0 Å². The Kier molecular flexibility index (Phi) is 10.2. The fourth-order valence-corrected chi connectivity index (χ4v) is 3.96. The highest BCUT2D eigenvalue weighted by Crippen LogP contribution is 2.21. The first kappa shape index (κ1) is 27.7. The van der Waals surface area contributed by atoms with Crippen LogP contribution >= 0.6 is 0 Å². The first-order chi connectivity index (χ1) is 16.5. The molecule has 0 spiro atoms. The number of carbonyl (C=O) groups is 4. The second-order valence-corrected chi connectivity index (χ2v) is 8.93. The number of nitrogens with zero attached hydrogens (tertiary/aromatic N) is 3. The molecule has 6 N–H and O–H groups in total. The molecule has 3 amide bonds. The van der Waals surface area contributed by atoms with Crippen molar-refractivity contribution in [1.82, 2.24) is 30.6 Å². The summed E-state index contributed by atoms with van der Waals surface area (Å²) in [5.74, 6) is -2.61. The Morgan fingerprint density at radius 1 is 1.29 bits per heavy atom. The summed E-state index contributed by atoms with van der Waals surface area (Å²) >= 11 is 0. The summed E-state index contributed by atoms with van der Waals surface area (Å²) in [7, 11) is 1.68. The molecular formula is C22H35FN8O4. The Morgan fingerprint density at radius 2 is 2.00 bits per heavy atom. The van der Waals surface area contributed by atoms with Crippen LogP contribution in [0.3, 0.4) is 0 Å². The van der Waals surface area contributed by atoms with Gasteiger partial charge in [-0.05, 0) is 31.6 Å². The monoisotopic (exact) mass is 494 g/mol. The minimum absolute atomic E-state index is 0.158. The number of guanidine groups is 1. The maximum absolute atomic E-state index is 13.4. The topological polar surface area (TPSA) is 175 Å². The normalized spacial score (nSPS) is 17.1. The zero-order valence-corrected chi connectivity index (χ0v) is 20.3. The number of aromatic nitrogens is 2. The van der Waals surface area contributed by atoms with E-state index in [-0.39, 0.29) is 18.3 Å². The van der Waals surface area contributed by atoms with Crippen LogP contribution in [0, 0.1) is 11.3 Å². The summed E-state index contributed by atoms with van der Waals surface area (Å²) < 4.78 is 14.6. The molecule has 1 aliphatic heterocycles. The van der Waals surface area contributed by atoms with Gasteiger partial charge in [-0.2, -0.15) is 5.10 Å². The number of likely N-dealkylation sites (tertiary alicyclic amines) is 1. The molecule has 1 saturated heterocycles.